The third-order valence-electron chi connectivity index (χ3n) is 2.09. The number of nitrogens with one attached hydrogen (secondary N) is 1. The molecule has 0 atom stereocenters. The zero-order valence-corrected chi connectivity index (χ0v) is 10.4. The van der Waals surface area contributed by atoms with Crippen LogP contribution in [0.4, 0.5) is 18.9 Å². The first-order valence-corrected chi connectivity index (χ1v) is 5.35. The van der Waals surface area contributed by atoms with E-state index in [0.717, 1.165) is 13.2 Å². The highest BCUT2D eigenvalue weighted by molar-refractivity contribution is 6.31. The summed E-state index contributed by atoms with van der Waals surface area (Å²) in [6.45, 7) is 0. The van der Waals surface area contributed by atoms with Crippen molar-refractivity contribution in [3.05, 3.63) is 28.8 Å². The minimum Gasteiger partial charge on any atom is -0.469 e. The highest BCUT2D eigenvalue weighted by Gasteiger charge is 2.33. The molecule has 0 spiro atoms. The maximum Gasteiger partial charge on any atom is 0.417 e. The van der Waals surface area contributed by atoms with Crippen LogP contribution in [0.2, 0.25) is 5.02 Å². The van der Waals surface area contributed by atoms with E-state index in [1.807, 2.05) is 0 Å². The number of hydrogen-bond acceptors (Lipinski definition) is 3. The zero-order valence-electron chi connectivity index (χ0n) is 9.68. The molecule has 0 aromatic heterocycles. The van der Waals surface area contributed by atoms with Crippen molar-refractivity contribution >= 4 is 29.2 Å². The fraction of sp³-hybridized carbons (Fsp3) is 0.273. The summed E-state index contributed by atoms with van der Waals surface area (Å²) in [4.78, 5) is 22.1. The summed E-state index contributed by atoms with van der Waals surface area (Å²) in [5.41, 5.74) is -1.17. The van der Waals surface area contributed by atoms with Crippen LogP contribution in [0.3, 0.4) is 0 Å². The molecule has 0 fully saturated rings. The Hall–Kier alpha value is -1.76. The summed E-state index contributed by atoms with van der Waals surface area (Å²) < 4.78 is 41.9. The third kappa shape index (κ3) is 4.44. The second-order valence-corrected chi connectivity index (χ2v) is 3.90. The van der Waals surface area contributed by atoms with Crippen molar-refractivity contribution in [2.75, 3.05) is 12.4 Å². The Labute approximate surface area is 111 Å². The lowest BCUT2D eigenvalue weighted by Crippen LogP contribution is -2.17. The Morgan fingerprint density at radius 3 is 2.53 bits per heavy atom. The molecular weight excluding hydrogens is 287 g/mol. The van der Waals surface area contributed by atoms with Gasteiger partial charge in [0.25, 0.3) is 0 Å². The smallest absolute Gasteiger partial charge is 0.417 e. The number of ether oxygens (including phenoxy) is 1. The van der Waals surface area contributed by atoms with Crippen LogP contribution < -0.4 is 5.32 Å². The number of anilines is 1. The summed E-state index contributed by atoms with van der Waals surface area (Å²) in [5.74, 6) is -1.56. The molecule has 1 aromatic rings. The standard InChI is InChI=1S/C11H9ClF3NO3/c1-19-10(18)5-9(17)16-6-2-3-8(12)7(4-6)11(13,14)15/h2-4H,5H2,1H3,(H,16,17). The van der Waals surface area contributed by atoms with Gasteiger partial charge in [-0.05, 0) is 18.2 Å². The molecule has 19 heavy (non-hydrogen) atoms. The van der Waals surface area contributed by atoms with E-state index in [2.05, 4.69) is 10.1 Å². The van der Waals surface area contributed by atoms with Gasteiger partial charge in [0.15, 0.2) is 0 Å². The average molecular weight is 296 g/mol. The van der Waals surface area contributed by atoms with E-state index in [1.54, 1.807) is 0 Å². The molecule has 0 saturated heterocycles. The zero-order chi connectivity index (χ0) is 14.6. The van der Waals surface area contributed by atoms with Crippen molar-refractivity contribution < 1.29 is 27.5 Å². The van der Waals surface area contributed by atoms with Crippen molar-refractivity contribution in [2.45, 2.75) is 12.6 Å². The van der Waals surface area contributed by atoms with Gasteiger partial charge in [0.1, 0.15) is 6.42 Å². The van der Waals surface area contributed by atoms with Crippen LogP contribution in [0, 0.1) is 0 Å². The Kier molecular flexibility index (Phi) is 4.77. The van der Waals surface area contributed by atoms with Crippen LogP contribution in [0.1, 0.15) is 12.0 Å². The average Bonchev–Trinajstić information content (AvgIpc) is 2.29. The molecule has 1 amide bonds. The summed E-state index contributed by atoms with van der Waals surface area (Å²) >= 11 is 5.42. The number of esters is 1. The van der Waals surface area contributed by atoms with Gasteiger partial charge in [-0.1, -0.05) is 11.6 Å². The molecule has 4 nitrogen and oxygen atoms in total. The minimum absolute atomic E-state index is 0.106. The summed E-state index contributed by atoms with van der Waals surface area (Å²) in [6, 6.07) is 2.91. The highest BCUT2D eigenvalue weighted by Crippen LogP contribution is 2.36. The minimum atomic E-state index is -4.62. The van der Waals surface area contributed by atoms with Gasteiger partial charge in [-0.2, -0.15) is 13.2 Å². The number of carbonyl (C=O) groups excluding carboxylic acids is 2. The SMILES string of the molecule is COC(=O)CC(=O)Nc1ccc(Cl)c(C(F)(F)F)c1. The lowest BCUT2D eigenvalue weighted by Gasteiger charge is -2.11. The van der Waals surface area contributed by atoms with Crippen LogP contribution in [-0.2, 0) is 20.5 Å². The predicted molar refractivity (Wildman–Crippen MR) is 61.7 cm³/mol. The topological polar surface area (TPSA) is 55.4 Å². The molecule has 0 saturated carbocycles. The van der Waals surface area contributed by atoms with Gasteiger partial charge in [0, 0.05) is 5.69 Å². The molecule has 0 unspecified atom stereocenters. The third-order valence-corrected chi connectivity index (χ3v) is 2.42. The van der Waals surface area contributed by atoms with Gasteiger partial charge in [-0.15, -0.1) is 0 Å². The van der Waals surface area contributed by atoms with E-state index in [4.69, 9.17) is 11.6 Å². The maximum atomic E-state index is 12.6. The lowest BCUT2D eigenvalue weighted by molar-refractivity contribution is -0.143. The Morgan fingerprint density at radius 2 is 2.00 bits per heavy atom. The van der Waals surface area contributed by atoms with Crippen LogP contribution in [-0.4, -0.2) is 19.0 Å². The van der Waals surface area contributed by atoms with E-state index < -0.39 is 35.1 Å². The number of halogens is 4. The van der Waals surface area contributed by atoms with Gasteiger partial charge >= 0.3 is 12.1 Å². The number of amides is 1. The number of benzene rings is 1. The molecule has 1 rings (SSSR count). The highest BCUT2D eigenvalue weighted by atomic mass is 35.5. The number of hydrogen-bond donors (Lipinski definition) is 1. The predicted octanol–water partition coefficient (Wildman–Crippen LogP) is 2.86. The Morgan fingerprint density at radius 1 is 1.37 bits per heavy atom. The molecular formula is C11H9ClF3NO3. The van der Waals surface area contributed by atoms with E-state index in [-0.39, 0.29) is 5.69 Å². The van der Waals surface area contributed by atoms with E-state index in [9.17, 15) is 22.8 Å². The van der Waals surface area contributed by atoms with Crippen molar-refractivity contribution in [3.8, 4) is 0 Å². The molecule has 0 heterocycles. The molecule has 1 aromatic carbocycles. The summed E-state index contributed by atoms with van der Waals surface area (Å²) in [7, 11) is 1.10. The normalized spacial score (nSPS) is 11.0. The van der Waals surface area contributed by atoms with Gasteiger partial charge in [-0.3, -0.25) is 9.59 Å². The van der Waals surface area contributed by atoms with Crippen LogP contribution in [0.5, 0.6) is 0 Å². The quantitative estimate of drug-likeness (QED) is 0.689. The Balaban J connectivity index is 2.86. The molecule has 0 aliphatic heterocycles. The second-order valence-electron chi connectivity index (χ2n) is 3.49. The maximum absolute atomic E-state index is 12.6. The number of methoxy groups -OCH3 is 1. The van der Waals surface area contributed by atoms with E-state index in [1.165, 1.54) is 6.07 Å². The number of carbonyl (C=O) groups is 2. The van der Waals surface area contributed by atoms with Gasteiger partial charge in [0.05, 0.1) is 17.7 Å². The Bertz CT molecular complexity index is 502. The molecule has 0 aliphatic carbocycles. The molecule has 0 bridgehead atoms. The van der Waals surface area contributed by atoms with E-state index >= 15 is 0 Å². The molecule has 8 heteroatoms. The monoisotopic (exact) mass is 295 g/mol. The van der Waals surface area contributed by atoms with Crippen molar-refractivity contribution in [1.29, 1.82) is 0 Å². The van der Waals surface area contributed by atoms with Crippen LogP contribution in [0.25, 0.3) is 0 Å². The fourth-order valence-electron chi connectivity index (χ4n) is 1.23. The van der Waals surface area contributed by atoms with E-state index in [0.29, 0.717) is 6.07 Å². The van der Waals surface area contributed by atoms with Crippen molar-refractivity contribution in [2.24, 2.45) is 0 Å². The largest absolute Gasteiger partial charge is 0.469 e. The molecule has 1 N–H and O–H groups in total. The number of alkyl halides is 3. The first-order valence-electron chi connectivity index (χ1n) is 4.97. The number of rotatable bonds is 3. The lowest BCUT2D eigenvalue weighted by atomic mass is 10.2. The van der Waals surface area contributed by atoms with Crippen molar-refractivity contribution in [3.63, 3.8) is 0 Å². The molecule has 0 aliphatic rings. The van der Waals surface area contributed by atoms with Crippen LogP contribution >= 0.6 is 11.6 Å². The first-order chi connectivity index (χ1) is 8.74. The molecule has 104 valence electrons. The van der Waals surface area contributed by atoms with Gasteiger partial charge in [0.2, 0.25) is 5.91 Å². The second kappa shape index (κ2) is 5.92. The van der Waals surface area contributed by atoms with Crippen LogP contribution in [0.15, 0.2) is 18.2 Å². The molecule has 0 radical (unpaired) electrons. The van der Waals surface area contributed by atoms with Crippen molar-refractivity contribution in [1.82, 2.24) is 0 Å². The van der Waals surface area contributed by atoms with Gasteiger partial charge in [-0.25, -0.2) is 0 Å². The summed E-state index contributed by atoms with van der Waals surface area (Å²) in [6.07, 6.45) is -5.21. The first kappa shape index (κ1) is 15.3. The fourth-order valence-corrected chi connectivity index (χ4v) is 1.45. The van der Waals surface area contributed by atoms with Gasteiger partial charge < -0.3 is 10.1 Å². The summed E-state index contributed by atoms with van der Waals surface area (Å²) in [5, 5.41) is 1.67.